The summed E-state index contributed by atoms with van der Waals surface area (Å²) in [5.41, 5.74) is 6.25. The Bertz CT molecular complexity index is 794. The number of nitrogens with two attached hydrogens (primary N) is 1. The van der Waals surface area contributed by atoms with Gasteiger partial charge < -0.3 is 10.6 Å². The number of carbonyl (C=O) groups is 2. The number of fused-ring (bicyclic) bond motifs is 1. The molecule has 0 aromatic carbocycles. The first-order valence-corrected chi connectivity index (χ1v) is 8.79. The van der Waals surface area contributed by atoms with E-state index in [-0.39, 0.29) is 18.1 Å². The minimum atomic E-state index is -3.45. The number of amides is 2. The number of primary amides is 1. The van der Waals surface area contributed by atoms with E-state index in [0.717, 1.165) is 0 Å². The number of sulfonamides is 1. The van der Waals surface area contributed by atoms with Gasteiger partial charge >= 0.3 is 0 Å². The van der Waals surface area contributed by atoms with Crippen LogP contribution in [0.25, 0.3) is 0 Å². The summed E-state index contributed by atoms with van der Waals surface area (Å²) < 4.78 is 27.1. The van der Waals surface area contributed by atoms with E-state index >= 15 is 0 Å². The highest BCUT2D eigenvalue weighted by molar-refractivity contribution is 7.91. The number of hydrogen-bond donors (Lipinski definition) is 2. The molecule has 2 amide bonds. The zero-order chi connectivity index (χ0) is 17.0. The Balaban J connectivity index is 1.90. The summed E-state index contributed by atoms with van der Waals surface area (Å²) in [5.74, 6) is -0.981. The van der Waals surface area contributed by atoms with Gasteiger partial charge in [-0.15, -0.1) is 0 Å². The van der Waals surface area contributed by atoms with Gasteiger partial charge in [0.25, 0.3) is 11.8 Å². The molecule has 3 rings (SSSR count). The Hall–Kier alpha value is -1.94. The Morgan fingerprint density at radius 3 is 2.61 bits per heavy atom. The Kier molecular flexibility index (Phi) is 3.49. The van der Waals surface area contributed by atoms with E-state index in [0.29, 0.717) is 37.1 Å². The van der Waals surface area contributed by atoms with Crippen LogP contribution < -0.4 is 10.5 Å². The second kappa shape index (κ2) is 5.03. The molecular weight excluding hydrogens is 322 g/mol. The third-order valence-electron chi connectivity index (χ3n) is 4.63. The van der Waals surface area contributed by atoms with Gasteiger partial charge in [0.2, 0.25) is 10.0 Å². The van der Waals surface area contributed by atoms with Gasteiger partial charge in [0.1, 0.15) is 10.4 Å². The molecular formula is C13H19N5O4S. The van der Waals surface area contributed by atoms with Crippen LogP contribution in [0.4, 0.5) is 0 Å². The van der Waals surface area contributed by atoms with Crippen LogP contribution in [-0.2, 0) is 23.5 Å². The average molecular weight is 341 g/mol. The van der Waals surface area contributed by atoms with Crippen LogP contribution in [0.1, 0.15) is 39.4 Å². The van der Waals surface area contributed by atoms with Crippen LogP contribution in [0, 0.1) is 0 Å². The lowest BCUT2D eigenvalue weighted by Gasteiger charge is -2.30. The number of rotatable bonds is 5. The van der Waals surface area contributed by atoms with E-state index in [1.54, 1.807) is 7.05 Å². The highest BCUT2D eigenvalue weighted by Crippen LogP contribution is 2.44. The first kappa shape index (κ1) is 15.9. The first-order chi connectivity index (χ1) is 10.7. The number of aryl methyl sites for hydroxylation is 1. The molecule has 3 N–H and O–H groups in total. The van der Waals surface area contributed by atoms with Crippen molar-refractivity contribution in [2.24, 2.45) is 12.8 Å². The molecule has 0 saturated heterocycles. The Labute approximate surface area is 133 Å². The largest absolute Gasteiger partial charge is 0.364 e. The topological polar surface area (TPSA) is 127 Å². The van der Waals surface area contributed by atoms with Crippen LogP contribution in [0.3, 0.4) is 0 Å². The van der Waals surface area contributed by atoms with Crippen LogP contribution in [-0.4, -0.2) is 59.8 Å². The van der Waals surface area contributed by atoms with E-state index in [2.05, 4.69) is 9.82 Å². The minimum absolute atomic E-state index is 0.111. The second-order valence-electron chi connectivity index (χ2n) is 6.03. The molecule has 1 aromatic heterocycles. The average Bonchev–Trinajstić information content (AvgIpc) is 3.20. The molecule has 9 nitrogen and oxygen atoms in total. The van der Waals surface area contributed by atoms with Crippen molar-refractivity contribution >= 4 is 21.8 Å². The van der Waals surface area contributed by atoms with E-state index in [1.807, 2.05) is 0 Å². The number of nitrogens with one attached hydrogen (secondary N) is 1. The van der Waals surface area contributed by atoms with Crippen molar-refractivity contribution in [1.82, 2.24) is 19.4 Å². The van der Waals surface area contributed by atoms with E-state index in [4.69, 9.17) is 5.73 Å². The molecule has 10 heteroatoms. The molecule has 2 aliphatic rings. The molecule has 0 unspecified atom stereocenters. The molecule has 1 fully saturated rings. The zero-order valence-electron chi connectivity index (χ0n) is 13.0. The van der Waals surface area contributed by atoms with Gasteiger partial charge in [0.15, 0.2) is 5.69 Å². The SMILES string of the molecule is CNS(=O)(=O)C1(CN2CCc3c(C(N)=O)nn(C)c3C2=O)CC1. The molecule has 1 aliphatic carbocycles. The van der Waals surface area contributed by atoms with Crippen molar-refractivity contribution in [1.29, 1.82) is 0 Å². The summed E-state index contributed by atoms with van der Waals surface area (Å²) >= 11 is 0. The van der Waals surface area contributed by atoms with E-state index < -0.39 is 20.7 Å². The van der Waals surface area contributed by atoms with Crippen molar-refractivity contribution in [2.75, 3.05) is 20.1 Å². The predicted octanol–water partition coefficient (Wildman–Crippen LogP) is -1.40. The summed E-state index contributed by atoms with van der Waals surface area (Å²) in [7, 11) is -0.492. The van der Waals surface area contributed by atoms with Gasteiger partial charge in [0.05, 0.1) is 0 Å². The monoisotopic (exact) mass is 341 g/mol. The molecule has 0 spiro atoms. The Morgan fingerprint density at radius 1 is 1.43 bits per heavy atom. The smallest absolute Gasteiger partial charge is 0.272 e. The quantitative estimate of drug-likeness (QED) is 0.681. The molecule has 2 heterocycles. The normalized spacial score (nSPS) is 19.6. The zero-order valence-corrected chi connectivity index (χ0v) is 13.8. The van der Waals surface area contributed by atoms with Gasteiger partial charge in [-0.1, -0.05) is 0 Å². The highest BCUT2D eigenvalue weighted by Gasteiger charge is 2.56. The molecule has 1 aliphatic heterocycles. The third-order valence-corrected chi connectivity index (χ3v) is 6.84. The molecule has 0 bridgehead atoms. The van der Waals surface area contributed by atoms with Gasteiger partial charge in [-0.05, 0) is 26.3 Å². The lowest BCUT2D eigenvalue weighted by molar-refractivity contribution is 0.0724. The molecule has 1 aromatic rings. The van der Waals surface area contributed by atoms with Gasteiger partial charge in [-0.3, -0.25) is 14.3 Å². The van der Waals surface area contributed by atoms with Crippen LogP contribution in [0.2, 0.25) is 0 Å². The Morgan fingerprint density at radius 2 is 2.09 bits per heavy atom. The fourth-order valence-electron chi connectivity index (χ4n) is 3.13. The minimum Gasteiger partial charge on any atom is -0.364 e. The van der Waals surface area contributed by atoms with Crippen molar-refractivity contribution in [3.63, 3.8) is 0 Å². The van der Waals surface area contributed by atoms with Gasteiger partial charge in [-0.2, -0.15) is 5.10 Å². The summed E-state index contributed by atoms with van der Waals surface area (Å²) in [6, 6.07) is 0. The number of aromatic nitrogens is 2. The summed E-state index contributed by atoms with van der Waals surface area (Å²) in [6.45, 7) is 0.490. The lowest BCUT2D eigenvalue weighted by atomic mass is 10.0. The molecule has 126 valence electrons. The lowest BCUT2D eigenvalue weighted by Crippen LogP contribution is -2.48. The van der Waals surface area contributed by atoms with Crippen LogP contribution >= 0.6 is 0 Å². The van der Waals surface area contributed by atoms with Crippen LogP contribution in [0.15, 0.2) is 0 Å². The maximum absolute atomic E-state index is 12.7. The van der Waals surface area contributed by atoms with E-state index in [1.165, 1.54) is 16.6 Å². The summed E-state index contributed by atoms with van der Waals surface area (Å²) in [4.78, 5) is 25.6. The molecule has 0 radical (unpaired) electrons. The predicted molar refractivity (Wildman–Crippen MR) is 81.3 cm³/mol. The number of hydrogen-bond acceptors (Lipinski definition) is 5. The van der Waals surface area contributed by atoms with Crippen molar-refractivity contribution in [2.45, 2.75) is 24.0 Å². The van der Waals surface area contributed by atoms with Gasteiger partial charge in [-0.25, -0.2) is 13.1 Å². The van der Waals surface area contributed by atoms with E-state index in [9.17, 15) is 18.0 Å². The third kappa shape index (κ3) is 2.32. The maximum atomic E-state index is 12.7. The summed E-state index contributed by atoms with van der Waals surface area (Å²) in [6.07, 6.45) is 1.50. The van der Waals surface area contributed by atoms with Crippen molar-refractivity contribution in [3.05, 3.63) is 17.0 Å². The van der Waals surface area contributed by atoms with Crippen molar-refractivity contribution in [3.8, 4) is 0 Å². The van der Waals surface area contributed by atoms with Gasteiger partial charge in [0, 0.05) is 25.7 Å². The highest BCUT2D eigenvalue weighted by atomic mass is 32.2. The molecule has 23 heavy (non-hydrogen) atoms. The van der Waals surface area contributed by atoms with Crippen LogP contribution in [0.5, 0.6) is 0 Å². The standard InChI is InChI=1S/C13H19N5O4S/c1-15-23(21,22)13(4-5-13)7-18-6-3-8-9(11(14)19)16-17(2)10(8)12(18)20/h15H,3-7H2,1-2H3,(H2,14,19). The fourth-order valence-corrected chi connectivity index (χ4v) is 4.53. The maximum Gasteiger partial charge on any atom is 0.272 e. The first-order valence-electron chi connectivity index (χ1n) is 7.30. The van der Waals surface area contributed by atoms with Crippen molar-refractivity contribution < 1.29 is 18.0 Å². The summed E-state index contributed by atoms with van der Waals surface area (Å²) in [5, 5.41) is 4.02. The fraction of sp³-hybridized carbons (Fsp3) is 0.615. The number of carbonyl (C=O) groups excluding carboxylic acids is 2. The second-order valence-corrected chi connectivity index (χ2v) is 8.31. The molecule has 1 saturated carbocycles. The molecule has 0 atom stereocenters. The number of nitrogens with zero attached hydrogens (tertiary/aromatic N) is 3.